The van der Waals surface area contributed by atoms with E-state index in [1.807, 2.05) is 0 Å². The van der Waals surface area contributed by atoms with E-state index in [9.17, 15) is 0 Å². The molecule has 15 heavy (non-hydrogen) atoms. The smallest absolute Gasteiger partial charge is 0.0590 e. The summed E-state index contributed by atoms with van der Waals surface area (Å²) in [6.45, 7) is 11.8. The van der Waals surface area contributed by atoms with Crippen LogP contribution in [0.25, 0.3) is 0 Å². The fourth-order valence-electron chi connectivity index (χ4n) is 1.58. The summed E-state index contributed by atoms with van der Waals surface area (Å²) in [5.74, 6) is 0.827. The van der Waals surface area contributed by atoms with Crippen LogP contribution in [0, 0.1) is 5.92 Å². The van der Waals surface area contributed by atoms with E-state index in [1.54, 1.807) is 0 Å². The first kappa shape index (κ1) is 14.9. The summed E-state index contributed by atoms with van der Waals surface area (Å²) < 4.78 is 5.49. The minimum absolute atomic E-state index is 0.620. The minimum atomic E-state index is 0.620. The third-order valence-electron chi connectivity index (χ3n) is 2.83. The van der Waals surface area contributed by atoms with Gasteiger partial charge in [-0.2, -0.15) is 0 Å². The maximum absolute atomic E-state index is 5.49. The summed E-state index contributed by atoms with van der Waals surface area (Å²) >= 11 is 0. The molecule has 0 aromatic rings. The molecule has 0 aliphatic rings. The van der Waals surface area contributed by atoms with Crippen molar-refractivity contribution in [1.82, 2.24) is 5.32 Å². The fraction of sp³-hybridized carbons (Fsp3) is 1.00. The predicted octanol–water partition coefficient (Wildman–Crippen LogP) is 3.22. The molecule has 0 aliphatic heterocycles. The Morgan fingerprint density at radius 1 is 1.13 bits per heavy atom. The van der Waals surface area contributed by atoms with Crippen molar-refractivity contribution in [1.29, 1.82) is 0 Å². The van der Waals surface area contributed by atoms with Crippen LogP contribution in [0.15, 0.2) is 0 Å². The number of hydrogen-bond acceptors (Lipinski definition) is 2. The molecule has 0 bridgehead atoms. The van der Waals surface area contributed by atoms with Crippen LogP contribution in [-0.4, -0.2) is 25.8 Å². The van der Waals surface area contributed by atoms with Gasteiger partial charge < -0.3 is 10.1 Å². The van der Waals surface area contributed by atoms with Gasteiger partial charge >= 0.3 is 0 Å². The molecule has 0 aromatic heterocycles. The molecule has 0 rings (SSSR count). The van der Waals surface area contributed by atoms with Gasteiger partial charge in [0.05, 0.1) is 6.61 Å². The number of unbranched alkanes of at least 4 members (excludes halogenated alkanes) is 1. The van der Waals surface area contributed by atoms with E-state index in [1.165, 1.54) is 25.7 Å². The number of hydrogen-bond donors (Lipinski definition) is 1. The molecule has 0 spiro atoms. The van der Waals surface area contributed by atoms with Crippen molar-refractivity contribution in [2.24, 2.45) is 5.92 Å². The summed E-state index contributed by atoms with van der Waals surface area (Å²) in [4.78, 5) is 0. The highest BCUT2D eigenvalue weighted by molar-refractivity contribution is 4.63. The summed E-state index contributed by atoms with van der Waals surface area (Å²) in [6, 6.07) is 0.620. The molecule has 2 nitrogen and oxygen atoms in total. The number of ether oxygens (including phenoxy) is 1. The van der Waals surface area contributed by atoms with Crippen molar-refractivity contribution in [3.05, 3.63) is 0 Å². The Labute approximate surface area is 95.8 Å². The lowest BCUT2D eigenvalue weighted by atomic mass is 10.0. The van der Waals surface area contributed by atoms with Crippen molar-refractivity contribution in [3.8, 4) is 0 Å². The normalized spacial score (nSPS) is 15.2. The molecular weight excluding hydrogens is 186 g/mol. The number of nitrogens with one attached hydrogen (secondary N) is 1. The quantitative estimate of drug-likeness (QED) is 0.565. The van der Waals surface area contributed by atoms with Crippen molar-refractivity contribution < 1.29 is 4.74 Å². The van der Waals surface area contributed by atoms with E-state index in [-0.39, 0.29) is 0 Å². The molecule has 0 radical (unpaired) electrons. The molecule has 2 heteroatoms. The van der Waals surface area contributed by atoms with Crippen LogP contribution in [0.5, 0.6) is 0 Å². The van der Waals surface area contributed by atoms with Crippen molar-refractivity contribution >= 4 is 0 Å². The van der Waals surface area contributed by atoms with Crippen molar-refractivity contribution in [3.63, 3.8) is 0 Å². The van der Waals surface area contributed by atoms with Gasteiger partial charge in [-0.1, -0.05) is 33.6 Å². The Bertz CT molecular complexity index is 128. The molecule has 0 fully saturated rings. The van der Waals surface area contributed by atoms with Gasteiger partial charge in [0.2, 0.25) is 0 Å². The predicted molar refractivity (Wildman–Crippen MR) is 67.3 cm³/mol. The van der Waals surface area contributed by atoms with Crippen LogP contribution in [0.3, 0.4) is 0 Å². The van der Waals surface area contributed by atoms with Crippen LogP contribution in [0.1, 0.15) is 53.4 Å². The molecule has 1 N–H and O–H groups in total. The standard InChI is InChI=1S/C13H29NO/c1-5-7-9-15-10-8-14-13(4)11-12(3)6-2/h12-14H,5-11H2,1-4H3. The Hall–Kier alpha value is -0.0800. The molecule has 0 aromatic carbocycles. The molecular formula is C13H29NO. The van der Waals surface area contributed by atoms with Gasteiger partial charge in [-0.15, -0.1) is 0 Å². The largest absolute Gasteiger partial charge is 0.380 e. The first-order chi connectivity index (χ1) is 7.20. The summed E-state index contributed by atoms with van der Waals surface area (Å²) in [5, 5.41) is 3.50. The van der Waals surface area contributed by atoms with Crippen molar-refractivity contribution in [2.45, 2.75) is 59.4 Å². The summed E-state index contributed by atoms with van der Waals surface area (Å²) in [7, 11) is 0. The highest BCUT2D eigenvalue weighted by Gasteiger charge is 2.05. The average molecular weight is 215 g/mol. The maximum Gasteiger partial charge on any atom is 0.0590 e. The van der Waals surface area contributed by atoms with E-state index in [0.717, 1.165) is 25.7 Å². The Balaban J connectivity index is 3.20. The summed E-state index contributed by atoms with van der Waals surface area (Å²) in [6.07, 6.45) is 4.95. The second-order valence-electron chi connectivity index (χ2n) is 4.57. The van der Waals surface area contributed by atoms with Crippen LogP contribution >= 0.6 is 0 Å². The van der Waals surface area contributed by atoms with Crippen LogP contribution in [0.4, 0.5) is 0 Å². The SMILES string of the molecule is CCCCOCCNC(C)CC(C)CC. The molecule has 0 aliphatic carbocycles. The van der Waals surface area contributed by atoms with Gasteiger partial charge in [0.15, 0.2) is 0 Å². The zero-order valence-corrected chi connectivity index (χ0v) is 11.0. The van der Waals surface area contributed by atoms with Gasteiger partial charge in [-0.3, -0.25) is 0 Å². The first-order valence-electron chi connectivity index (χ1n) is 6.51. The molecule has 0 saturated carbocycles. The zero-order valence-electron chi connectivity index (χ0n) is 11.0. The molecule has 0 saturated heterocycles. The zero-order chi connectivity index (χ0) is 11.5. The Morgan fingerprint density at radius 3 is 2.47 bits per heavy atom. The van der Waals surface area contributed by atoms with E-state index >= 15 is 0 Å². The molecule has 0 amide bonds. The minimum Gasteiger partial charge on any atom is -0.380 e. The first-order valence-corrected chi connectivity index (χ1v) is 6.51. The molecule has 2 unspecified atom stereocenters. The maximum atomic E-state index is 5.49. The molecule has 0 heterocycles. The third kappa shape index (κ3) is 10.2. The average Bonchev–Trinajstić information content (AvgIpc) is 2.23. The lowest BCUT2D eigenvalue weighted by Gasteiger charge is -2.17. The third-order valence-corrected chi connectivity index (χ3v) is 2.83. The van der Waals surface area contributed by atoms with Gasteiger partial charge in [0.25, 0.3) is 0 Å². The van der Waals surface area contributed by atoms with Gasteiger partial charge in [-0.05, 0) is 25.7 Å². The van der Waals surface area contributed by atoms with Gasteiger partial charge in [0.1, 0.15) is 0 Å². The second kappa shape index (κ2) is 10.4. The van der Waals surface area contributed by atoms with Crippen LogP contribution < -0.4 is 5.32 Å². The lowest BCUT2D eigenvalue weighted by Crippen LogP contribution is -2.30. The van der Waals surface area contributed by atoms with Crippen LogP contribution in [0.2, 0.25) is 0 Å². The lowest BCUT2D eigenvalue weighted by molar-refractivity contribution is 0.130. The van der Waals surface area contributed by atoms with E-state index < -0.39 is 0 Å². The highest BCUT2D eigenvalue weighted by atomic mass is 16.5. The summed E-state index contributed by atoms with van der Waals surface area (Å²) in [5.41, 5.74) is 0. The second-order valence-corrected chi connectivity index (χ2v) is 4.57. The molecule has 2 atom stereocenters. The fourth-order valence-corrected chi connectivity index (χ4v) is 1.58. The van der Waals surface area contributed by atoms with Gasteiger partial charge in [0, 0.05) is 19.2 Å². The van der Waals surface area contributed by atoms with E-state index in [2.05, 4.69) is 33.0 Å². The van der Waals surface area contributed by atoms with Crippen LogP contribution in [-0.2, 0) is 4.74 Å². The number of rotatable bonds is 10. The van der Waals surface area contributed by atoms with Gasteiger partial charge in [-0.25, -0.2) is 0 Å². The van der Waals surface area contributed by atoms with Crippen molar-refractivity contribution in [2.75, 3.05) is 19.8 Å². The monoisotopic (exact) mass is 215 g/mol. The highest BCUT2D eigenvalue weighted by Crippen LogP contribution is 2.08. The van der Waals surface area contributed by atoms with E-state index in [4.69, 9.17) is 4.74 Å². The Kier molecular flexibility index (Phi) is 10.4. The van der Waals surface area contributed by atoms with E-state index in [0.29, 0.717) is 6.04 Å². The topological polar surface area (TPSA) is 21.3 Å². The Morgan fingerprint density at radius 2 is 1.87 bits per heavy atom. The molecule has 92 valence electrons.